The van der Waals surface area contributed by atoms with Crippen LogP contribution in [0.3, 0.4) is 0 Å². The van der Waals surface area contributed by atoms with Gasteiger partial charge in [0.2, 0.25) is 11.8 Å². The number of nitrogens with one attached hydrogen (secondary N) is 1. The summed E-state index contributed by atoms with van der Waals surface area (Å²) in [7, 11) is 1.61. The third kappa shape index (κ3) is 7.41. The third-order valence-corrected chi connectivity index (χ3v) is 7.91. The molecular weight excluding hydrogens is 523 g/mol. The van der Waals surface area contributed by atoms with E-state index in [0.29, 0.717) is 28.7 Å². The first-order valence-corrected chi connectivity index (χ1v) is 13.0. The molecule has 0 aromatic heterocycles. The van der Waals surface area contributed by atoms with Crippen LogP contribution >= 0.6 is 35.0 Å². The van der Waals surface area contributed by atoms with E-state index in [1.165, 1.54) is 24.8 Å². The Morgan fingerprint density at radius 1 is 1.19 bits per heavy atom. The number of carboxylic acid groups (broad SMARTS) is 1. The van der Waals surface area contributed by atoms with Crippen molar-refractivity contribution in [3.63, 3.8) is 0 Å². The second-order valence-corrected chi connectivity index (χ2v) is 10.3. The number of hydrogen-bond donors (Lipinski definition) is 2. The van der Waals surface area contributed by atoms with Gasteiger partial charge in [0, 0.05) is 36.5 Å². The summed E-state index contributed by atoms with van der Waals surface area (Å²) in [5.74, 6) is -1.57. The molecule has 1 aliphatic rings. The number of nitrogens with zero attached hydrogens (tertiary/aromatic N) is 1. The number of para-hydroxylation sites is 1. The Labute approximate surface area is 224 Å². The third-order valence-electron chi connectivity index (χ3n) is 5.78. The van der Waals surface area contributed by atoms with Gasteiger partial charge in [-0.15, -0.1) is 0 Å². The van der Waals surface area contributed by atoms with Crippen molar-refractivity contribution in [2.75, 3.05) is 20.2 Å². The van der Waals surface area contributed by atoms with Gasteiger partial charge >= 0.3 is 5.97 Å². The molecule has 0 radical (unpaired) electrons. The van der Waals surface area contributed by atoms with Crippen molar-refractivity contribution in [2.24, 2.45) is 5.92 Å². The number of carbonyl (C=O) groups is 3. The minimum absolute atomic E-state index is 0.0930. The Hall–Kier alpha value is -2.68. The Kier molecular flexibility index (Phi) is 10.1. The molecule has 1 heterocycles. The van der Waals surface area contributed by atoms with Crippen molar-refractivity contribution < 1.29 is 24.2 Å². The highest BCUT2D eigenvalue weighted by atomic mass is 35.5. The molecule has 1 fully saturated rings. The van der Waals surface area contributed by atoms with Gasteiger partial charge in [0.1, 0.15) is 5.75 Å². The van der Waals surface area contributed by atoms with Crippen molar-refractivity contribution in [1.29, 1.82) is 0 Å². The molecule has 192 valence electrons. The standard InChI is InChI=1S/C26H28Cl2N2O5S/c1-16(26(33)34)14-22(31)29-18-6-5-13-30(15-18)23(32)12-10-17-9-11-21(25(28)24(17)27)36-20-8-4-3-7-19(20)35-2/h3-4,7-12,16,18H,5-6,13-15H2,1-2H3,(H,29,31)(H,33,34)/b12-10+. The van der Waals surface area contributed by atoms with Gasteiger partial charge in [-0.1, -0.05) is 60.1 Å². The zero-order valence-electron chi connectivity index (χ0n) is 20.0. The van der Waals surface area contributed by atoms with Crippen molar-refractivity contribution in [1.82, 2.24) is 10.2 Å². The summed E-state index contributed by atoms with van der Waals surface area (Å²) in [5.41, 5.74) is 0.615. The number of methoxy groups -OCH3 is 1. The Balaban J connectivity index is 1.62. The Morgan fingerprint density at radius 3 is 2.67 bits per heavy atom. The second kappa shape index (κ2) is 13.0. The largest absolute Gasteiger partial charge is 0.496 e. The molecule has 2 atom stereocenters. The van der Waals surface area contributed by atoms with Crippen LogP contribution in [0, 0.1) is 5.92 Å². The predicted molar refractivity (Wildman–Crippen MR) is 142 cm³/mol. The van der Waals surface area contributed by atoms with Crippen LogP contribution in [0.4, 0.5) is 0 Å². The lowest BCUT2D eigenvalue weighted by atomic mass is 10.0. The first-order chi connectivity index (χ1) is 17.2. The number of amides is 2. The van der Waals surface area contributed by atoms with Crippen LogP contribution in [0.25, 0.3) is 6.08 Å². The van der Waals surface area contributed by atoms with Crippen molar-refractivity contribution in [3.8, 4) is 5.75 Å². The monoisotopic (exact) mass is 550 g/mol. The smallest absolute Gasteiger partial charge is 0.306 e. The molecule has 2 aromatic carbocycles. The van der Waals surface area contributed by atoms with Crippen LogP contribution < -0.4 is 10.1 Å². The summed E-state index contributed by atoms with van der Waals surface area (Å²) in [4.78, 5) is 39.2. The van der Waals surface area contributed by atoms with E-state index in [1.54, 1.807) is 24.2 Å². The topological polar surface area (TPSA) is 95.9 Å². The molecule has 1 aliphatic heterocycles. The highest BCUT2D eigenvalue weighted by molar-refractivity contribution is 7.99. The van der Waals surface area contributed by atoms with E-state index in [4.69, 9.17) is 33.0 Å². The molecule has 1 saturated heterocycles. The van der Waals surface area contributed by atoms with Gasteiger partial charge in [0.15, 0.2) is 0 Å². The van der Waals surface area contributed by atoms with Gasteiger partial charge in [-0.25, -0.2) is 0 Å². The lowest BCUT2D eigenvalue weighted by Gasteiger charge is -2.32. The summed E-state index contributed by atoms with van der Waals surface area (Å²) in [5, 5.41) is 12.6. The molecule has 0 spiro atoms. The van der Waals surface area contributed by atoms with Gasteiger partial charge in [-0.2, -0.15) is 0 Å². The van der Waals surface area contributed by atoms with E-state index >= 15 is 0 Å². The summed E-state index contributed by atoms with van der Waals surface area (Å²) < 4.78 is 5.39. The highest BCUT2D eigenvalue weighted by Gasteiger charge is 2.25. The molecule has 2 N–H and O–H groups in total. The van der Waals surface area contributed by atoms with E-state index in [-0.39, 0.29) is 24.3 Å². The average molecular weight is 551 g/mol. The van der Waals surface area contributed by atoms with Crippen molar-refractivity contribution in [3.05, 3.63) is 58.1 Å². The van der Waals surface area contributed by atoms with E-state index in [0.717, 1.165) is 28.4 Å². The quantitative estimate of drug-likeness (QED) is 0.406. The molecule has 10 heteroatoms. The maximum absolute atomic E-state index is 12.8. The summed E-state index contributed by atoms with van der Waals surface area (Å²) >= 11 is 14.5. The molecule has 2 amide bonds. The van der Waals surface area contributed by atoms with Gasteiger partial charge < -0.3 is 20.1 Å². The van der Waals surface area contributed by atoms with E-state index < -0.39 is 11.9 Å². The molecule has 0 saturated carbocycles. The van der Waals surface area contributed by atoms with Crippen LogP contribution in [-0.4, -0.2) is 54.0 Å². The number of likely N-dealkylation sites (tertiary alicyclic amines) is 1. The predicted octanol–water partition coefficient (Wildman–Crippen LogP) is 5.38. The minimum atomic E-state index is -1.01. The molecular formula is C26H28Cl2N2O5S. The van der Waals surface area contributed by atoms with Crippen LogP contribution in [0.15, 0.2) is 52.3 Å². The molecule has 0 aliphatic carbocycles. The molecule has 3 rings (SSSR count). The number of aliphatic carboxylic acids is 1. The summed E-state index contributed by atoms with van der Waals surface area (Å²) in [6.07, 6.45) is 4.45. The van der Waals surface area contributed by atoms with E-state index in [2.05, 4.69) is 5.32 Å². The van der Waals surface area contributed by atoms with Crippen molar-refractivity contribution >= 4 is 58.8 Å². The SMILES string of the molecule is COc1ccccc1Sc1ccc(/C=C/C(=O)N2CCCC(NC(=O)CC(C)C(=O)O)C2)c(Cl)c1Cl. The van der Waals surface area contributed by atoms with Gasteiger partial charge in [-0.3, -0.25) is 14.4 Å². The van der Waals surface area contributed by atoms with Crippen LogP contribution in [0.5, 0.6) is 5.75 Å². The number of hydrogen-bond acceptors (Lipinski definition) is 5. The Morgan fingerprint density at radius 2 is 1.94 bits per heavy atom. The van der Waals surface area contributed by atoms with Crippen LogP contribution in [0.1, 0.15) is 31.7 Å². The number of halogens is 2. The van der Waals surface area contributed by atoms with E-state index in [1.807, 2.05) is 30.3 Å². The number of ether oxygens (including phenoxy) is 1. The van der Waals surface area contributed by atoms with Gasteiger partial charge in [-0.05, 0) is 42.7 Å². The zero-order valence-corrected chi connectivity index (χ0v) is 22.3. The highest BCUT2D eigenvalue weighted by Crippen LogP contribution is 2.42. The number of benzene rings is 2. The molecule has 2 unspecified atom stereocenters. The van der Waals surface area contributed by atoms with E-state index in [9.17, 15) is 14.4 Å². The number of carboxylic acids is 1. The minimum Gasteiger partial charge on any atom is -0.496 e. The first-order valence-electron chi connectivity index (χ1n) is 11.5. The fourth-order valence-electron chi connectivity index (χ4n) is 3.79. The average Bonchev–Trinajstić information content (AvgIpc) is 2.86. The van der Waals surface area contributed by atoms with Crippen LogP contribution in [-0.2, 0) is 14.4 Å². The maximum Gasteiger partial charge on any atom is 0.306 e. The molecule has 36 heavy (non-hydrogen) atoms. The second-order valence-electron chi connectivity index (χ2n) is 8.50. The molecule has 7 nitrogen and oxygen atoms in total. The summed E-state index contributed by atoms with van der Waals surface area (Å²) in [6.45, 7) is 2.42. The number of carbonyl (C=O) groups excluding carboxylic acids is 2. The molecule has 0 bridgehead atoms. The number of piperidine rings is 1. The normalized spacial score (nSPS) is 16.6. The first kappa shape index (κ1) is 27.9. The van der Waals surface area contributed by atoms with Gasteiger partial charge in [0.05, 0.1) is 28.0 Å². The fourth-order valence-corrected chi connectivity index (χ4v) is 5.32. The fraction of sp³-hybridized carbons (Fsp3) is 0.346. The lowest BCUT2D eigenvalue weighted by Crippen LogP contribution is -2.49. The Bertz CT molecular complexity index is 1160. The van der Waals surface area contributed by atoms with Crippen LogP contribution in [0.2, 0.25) is 10.0 Å². The zero-order chi connectivity index (χ0) is 26.2. The van der Waals surface area contributed by atoms with Gasteiger partial charge in [0.25, 0.3) is 0 Å². The lowest BCUT2D eigenvalue weighted by molar-refractivity contribution is -0.143. The molecule has 2 aromatic rings. The maximum atomic E-state index is 12.8. The number of rotatable bonds is 9. The summed E-state index contributed by atoms with van der Waals surface area (Å²) in [6, 6.07) is 11.0. The van der Waals surface area contributed by atoms with Crippen molar-refractivity contribution in [2.45, 2.75) is 42.0 Å².